The zero-order valence-electron chi connectivity index (χ0n) is 10.1. The van der Waals surface area contributed by atoms with Crippen LogP contribution in [0.2, 0.25) is 0 Å². The Labute approximate surface area is 97.3 Å². The van der Waals surface area contributed by atoms with Crippen LogP contribution >= 0.6 is 0 Å². The first-order valence-corrected chi connectivity index (χ1v) is 5.96. The molecular formula is C14H19NO. The molecule has 16 heavy (non-hydrogen) atoms. The third kappa shape index (κ3) is 2.63. The molecule has 1 aliphatic carbocycles. The fourth-order valence-corrected chi connectivity index (χ4v) is 2.05. The average Bonchev–Trinajstić information content (AvgIpc) is 3.09. The van der Waals surface area contributed by atoms with E-state index >= 15 is 0 Å². The van der Waals surface area contributed by atoms with E-state index in [2.05, 4.69) is 11.0 Å². The third-order valence-corrected chi connectivity index (χ3v) is 3.25. The first-order chi connectivity index (χ1) is 7.70. The number of rotatable bonds is 5. The second-order valence-electron chi connectivity index (χ2n) is 4.88. The van der Waals surface area contributed by atoms with Gasteiger partial charge in [0, 0.05) is 25.3 Å². The summed E-state index contributed by atoms with van der Waals surface area (Å²) in [6.07, 6.45) is 6.16. The topological polar surface area (TPSA) is 20.3 Å². The molecule has 0 unspecified atom stereocenters. The average molecular weight is 217 g/mol. The van der Waals surface area contributed by atoms with Gasteiger partial charge >= 0.3 is 0 Å². The van der Waals surface area contributed by atoms with E-state index in [0.717, 1.165) is 24.2 Å². The van der Waals surface area contributed by atoms with E-state index in [4.69, 9.17) is 0 Å². The molecule has 1 saturated carbocycles. The molecule has 0 N–H and O–H groups in total. The van der Waals surface area contributed by atoms with Crippen molar-refractivity contribution in [3.8, 4) is 0 Å². The van der Waals surface area contributed by atoms with Crippen molar-refractivity contribution in [3.05, 3.63) is 29.3 Å². The van der Waals surface area contributed by atoms with Gasteiger partial charge in [-0.1, -0.05) is 25.0 Å². The summed E-state index contributed by atoms with van der Waals surface area (Å²) < 4.78 is 0. The van der Waals surface area contributed by atoms with E-state index in [1.807, 2.05) is 26.2 Å². The van der Waals surface area contributed by atoms with E-state index < -0.39 is 0 Å². The van der Waals surface area contributed by atoms with Gasteiger partial charge in [-0.3, -0.25) is 4.79 Å². The van der Waals surface area contributed by atoms with Crippen molar-refractivity contribution in [1.29, 1.82) is 0 Å². The molecule has 86 valence electrons. The Morgan fingerprint density at radius 3 is 2.69 bits per heavy atom. The lowest BCUT2D eigenvalue weighted by atomic mass is 10.0. The van der Waals surface area contributed by atoms with E-state index in [0.29, 0.717) is 0 Å². The molecule has 1 aliphatic rings. The molecule has 1 fully saturated rings. The highest BCUT2D eigenvalue weighted by atomic mass is 16.1. The molecular weight excluding hydrogens is 198 g/mol. The largest absolute Gasteiger partial charge is 0.377 e. The molecule has 2 nitrogen and oxygen atoms in total. The summed E-state index contributed by atoms with van der Waals surface area (Å²) in [4.78, 5) is 12.8. The van der Waals surface area contributed by atoms with Crippen molar-refractivity contribution >= 4 is 12.0 Å². The zero-order valence-corrected chi connectivity index (χ0v) is 10.1. The molecule has 2 rings (SSSR count). The highest BCUT2D eigenvalue weighted by molar-refractivity contribution is 5.78. The molecule has 0 bridgehead atoms. The van der Waals surface area contributed by atoms with Crippen molar-refractivity contribution in [2.45, 2.75) is 25.7 Å². The van der Waals surface area contributed by atoms with Crippen molar-refractivity contribution in [2.24, 2.45) is 5.92 Å². The monoisotopic (exact) mass is 217 g/mol. The normalized spacial score (nSPS) is 14.9. The fourth-order valence-electron chi connectivity index (χ4n) is 2.05. The number of benzene rings is 1. The lowest BCUT2D eigenvalue weighted by Crippen LogP contribution is -2.12. The molecule has 0 heterocycles. The molecule has 0 aromatic heterocycles. The van der Waals surface area contributed by atoms with E-state index in [1.165, 1.54) is 30.5 Å². The number of aldehydes is 1. The molecule has 1 aromatic rings. The van der Waals surface area contributed by atoms with Crippen LogP contribution in [0, 0.1) is 5.92 Å². The SMILES string of the molecule is CN(C)c1cc(C=O)ccc1CCC1CC1. The summed E-state index contributed by atoms with van der Waals surface area (Å²) in [5.74, 6) is 0.959. The summed E-state index contributed by atoms with van der Waals surface area (Å²) in [5, 5.41) is 0. The Morgan fingerprint density at radius 2 is 2.12 bits per heavy atom. The second kappa shape index (κ2) is 4.69. The summed E-state index contributed by atoms with van der Waals surface area (Å²) in [5.41, 5.74) is 3.31. The van der Waals surface area contributed by atoms with Gasteiger partial charge < -0.3 is 4.90 Å². The van der Waals surface area contributed by atoms with E-state index in [1.54, 1.807) is 0 Å². The van der Waals surface area contributed by atoms with Crippen LogP contribution in [-0.4, -0.2) is 20.4 Å². The number of anilines is 1. The van der Waals surface area contributed by atoms with Crippen molar-refractivity contribution < 1.29 is 4.79 Å². The van der Waals surface area contributed by atoms with E-state index in [9.17, 15) is 4.79 Å². The lowest BCUT2D eigenvalue weighted by molar-refractivity contribution is 0.112. The smallest absolute Gasteiger partial charge is 0.150 e. The standard InChI is InChI=1S/C14H19NO/c1-15(2)14-9-12(10-16)6-8-13(14)7-5-11-3-4-11/h6,8-11H,3-5,7H2,1-2H3. The maximum atomic E-state index is 10.8. The number of carbonyl (C=O) groups excluding carboxylic acids is 1. The Balaban J connectivity index is 2.16. The van der Waals surface area contributed by atoms with Crippen LogP contribution in [0.5, 0.6) is 0 Å². The highest BCUT2D eigenvalue weighted by Gasteiger charge is 2.21. The Bertz CT molecular complexity index is 380. The van der Waals surface area contributed by atoms with Gasteiger partial charge in [-0.05, 0) is 30.4 Å². The molecule has 1 aromatic carbocycles. The number of hydrogen-bond donors (Lipinski definition) is 0. The minimum Gasteiger partial charge on any atom is -0.377 e. The van der Waals surface area contributed by atoms with Crippen LogP contribution in [0.4, 0.5) is 5.69 Å². The van der Waals surface area contributed by atoms with Gasteiger partial charge in [0.05, 0.1) is 0 Å². The minimum absolute atomic E-state index is 0.763. The van der Waals surface area contributed by atoms with Crippen LogP contribution in [0.1, 0.15) is 35.2 Å². The predicted octanol–water partition coefficient (Wildman–Crippen LogP) is 2.91. The second-order valence-corrected chi connectivity index (χ2v) is 4.88. The predicted molar refractivity (Wildman–Crippen MR) is 67.2 cm³/mol. The van der Waals surface area contributed by atoms with Crippen molar-refractivity contribution in [2.75, 3.05) is 19.0 Å². The van der Waals surface area contributed by atoms with Crippen LogP contribution in [0.3, 0.4) is 0 Å². The van der Waals surface area contributed by atoms with Gasteiger partial charge in [0.15, 0.2) is 0 Å². The summed E-state index contributed by atoms with van der Waals surface area (Å²) >= 11 is 0. The Kier molecular flexibility index (Phi) is 3.28. The van der Waals surface area contributed by atoms with Crippen LogP contribution in [0.25, 0.3) is 0 Å². The first-order valence-electron chi connectivity index (χ1n) is 5.96. The Hall–Kier alpha value is -1.31. The summed E-state index contributed by atoms with van der Waals surface area (Å²) in [6.45, 7) is 0. The molecule has 0 radical (unpaired) electrons. The number of carbonyl (C=O) groups is 1. The molecule has 0 aliphatic heterocycles. The zero-order chi connectivity index (χ0) is 11.5. The van der Waals surface area contributed by atoms with Gasteiger partial charge in [0.2, 0.25) is 0 Å². The van der Waals surface area contributed by atoms with Crippen LogP contribution < -0.4 is 4.90 Å². The molecule has 0 atom stereocenters. The Morgan fingerprint density at radius 1 is 1.38 bits per heavy atom. The number of aryl methyl sites for hydroxylation is 1. The van der Waals surface area contributed by atoms with Crippen LogP contribution in [0.15, 0.2) is 18.2 Å². The maximum absolute atomic E-state index is 10.8. The summed E-state index contributed by atoms with van der Waals surface area (Å²) in [6, 6.07) is 6.00. The minimum atomic E-state index is 0.763. The molecule has 2 heteroatoms. The van der Waals surface area contributed by atoms with Crippen LogP contribution in [-0.2, 0) is 6.42 Å². The maximum Gasteiger partial charge on any atom is 0.150 e. The number of hydrogen-bond acceptors (Lipinski definition) is 2. The first kappa shape index (κ1) is 11.2. The number of nitrogens with zero attached hydrogens (tertiary/aromatic N) is 1. The lowest BCUT2D eigenvalue weighted by Gasteiger charge is -2.18. The fraction of sp³-hybridized carbons (Fsp3) is 0.500. The van der Waals surface area contributed by atoms with Crippen molar-refractivity contribution in [3.63, 3.8) is 0 Å². The van der Waals surface area contributed by atoms with E-state index in [-0.39, 0.29) is 0 Å². The molecule has 0 saturated heterocycles. The third-order valence-electron chi connectivity index (χ3n) is 3.25. The molecule has 0 amide bonds. The van der Waals surface area contributed by atoms with Crippen molar-refractivity contribution in [1.82, 2.24) is 0 Å². The van der Waals surface area contributed by atoms with Gasteiger partial charge in [-0.25, -0.2) is 0 Å². The highest BCUT2D eigenvalue weighted by Crippen LogP contribution is 2.34. The van der Waals surface area contributed by atoms with Gasteiger partial charge in [0.25, 0.3) is 0 Å². The van der Waals surface area contributed by atoms with Gasteiger partial charge in [0.1, 0.15) is 6.29 Å². The summed E-state index contributed by atoms with van der Waals surface area (Å²) in [7, 11) is 4.06. The quantitative estimate of drug-likeness (QED) is 0.707. The van der Waals surface area contributed by atoms with Gasteiger partial charge in [-0.2, -0.15) is 0 Å². The van der Waals surface area contributed by atoms with Gasteiger partial charge in [-0.15, -0.1) is 0 Å². The molecule has 0 spiro atoms.